The summed E-state index contributed by atoms with van der Waals surface area (Å²) in [5, 5.41) is 11.2. The number of hydroxylamine groups is 2. The van der Waals surface area contributed by atoms with Gasteiger partial charge in [0.1, 0.15) is 0 Å². The van der Waals surface area contributed by atoms with Gasteiger partial charge < -0.3 is 4.74 Å². The van der Waals surface area contributed by atoms with Crippen molar-refractivity contribution in [3.63, 3.8) is 0 Å². The molecule has 1 fully saturated rings. The van der Waals surface area contributed by atoms with Gasteiger partial charge in [-0.2, -0.15) is 0 Å². The van der Waals surface area contributed by atoms with Crippen LogP contribution in [0, 0.1) is 5.92 Å². The maximum absolute atomic E-state index is 15.1. The minimum absolute atomic E-state index is 0.0367. The van der Waals surface area contributed by atoms with Gasteiger partial charge >= 0.3 is 0 Å². The second-order valence-corrected chi connectivity index (χ2v) is 7.12. The molecule has 1 N–H and O–H groups in total. The van der Waals surface area contributed by atoms with Gasteiger partial charge in [0.15, 0.2) is 11.4 Å². The summed E-state index contributed by atoms with van der Waals surface area (Å²) in [5.41, 5.74) is -1.41. The van der Waals surface area contributed by atoms with E-state index in [1.54, 1.807) is 12.1 Å². The summed E-state index contributed by atoms with van der Waals surface area (Å²) in [6.45, 7) is 1.05. The summed E-state index contributed by atoms with van der Waals surface area (Å²) < 4.78 is 36.0. The average molecular weight is 367 g/mol. The monoisotopic (exact) mass is 366 g/mol. The molecule has 1 atom stereocenters. The predicted octanol–water partition coefficient (Wildman–Crippen LogP) is 4.81. The molecule has 7 heteroatoms. The number of fused-ring (bicyclic) bond motifs is 2. The lowest BCUT2D eigenvalue weighted by molar-refractivity contribution is -0.186. The molecule has 2 aliphatic heterocycles. The van der Waals surface area contributed by atoms with Crippen LogP contribution in [0.4, 0.5) is 14.5 Å². The molecule has 1 aromatic rings. The predicted molar refractivity (Wildman–Crippen MR) is 90.4 cm³/mol. The highest BCUT2D eigenvalue weighted by atomic mass is 35.5. The van der Waals surface area contributed by atoms with Crippen LogP contribution in [0.25, 0.3) is 0 Å². The van der Waals surface area contributed by atoms with Crippen LogP contribution in [0.5, 0.6) is 0 Å². The topological polar surface area (TPSA) is 45.1 Å². The van der Waals surface area contributed by atoms with E-state index in [2.05, 4.69) is 4.99 Å². The molecule has 1 aliphatic carbocycles. The van der Waals surface area contributed by atoms with Crippen LogP contribution >= 0.6 is 11.6 Å². The van der Waals surface area contributed by atoms with Crippen LogP contribution in [0.2, 0.25) is 5.02 Å². The first-order chi connectivity index (χ1) is 11.8. The lowest BCUT2D eigenvalue weighted by Crippen LogP contribution is -2.53. The highest BCUT2D eigenvalue weighted by molar-refractivity contribution is 6.30. The summed E-state index contributed by atoms with van der Waals surface area (Å²) >= 11 is 6.09. The number of benzene rings is 1. The minimum atomic E-state index is -3.26. The van der Waals surface area contributed by atoms with E-state index in [4.69, 9.17) is 16.3 Å². The van der Waals surface area contributed by atoms with E-state index in [1.807, 2.05) is 0 Å². The molecule has 3 aliphatic rings. The van der Waals surface area contributed by atoms with Crippen LogP contribution in [-0.2, 0) is 10.3 Å². The molecule has 0 aromatic heterocycles. The maximum atomic E-state index is 15.1. The summed E-state index contributed by atoms with van der Waals surface area (Å²) in [6, 6.07) is 4.62. The molecule has 1 unspecified atom stereocenters. The fourth-order valence-corrected chi connectivity index (χ4v) is 3.48. The van der Waals surface area contributed by atoms with E-state index < -0.39 is 11.5 Å². The van der Waals surface area contributed by atoms with Gasteiger partial charge in [0, 0.05) is 29.3 Å². The first kappa shape index (κ1) is 16.7. The number of halogens is 3. The van der Waals surface area contributed by atoms with Gasteiger partial charge in [-0.25, -0.2) is 18.8 Å². The number of nitrogens with zero attached hydrogens (tertiary/aromatic N) is 2. The lowest BCUT2D eigenvalue weighted by atomic mass is 9.76. The van der Waals surface area contributed by atoms with Crippen LogP contribution in [0.15, 0.2) is 47.1 Å². The van der Waals surface area contributed by atoms with E-state index in [0.717, 1.165) is 24.8 Å². The van der Waals surface area contributed by atoms with Gasteiger partial charge in [-0.3, -0.25) is 5.21 Å². The molecule has 4 nitrogen and oxygen atoms in total. The first-order valence-corrected chi connectivity index (χ1v) is 8.48. The molecule has 0 saturated heterocycles. The number of hydrogen-bond donors (Lipinski definition) is 1. The summed E-state index contributed by atoms with van der Waals surface area (Å²) in [7, 11) is 0. The Morgan fingerprint density at radius 3 is 2.88 bits per heavy atom. The van der Waals surface area contributed by atoms with Crippen LogP contribution in [0.3, 0.4) is 0 Å². The third kappa shape index (κ3) is 2.60. The summed E-state index contributed by atoms with van der Waals surface area (Å²) in [6.07, 6.45) is 6.30. The van der Waals surface area contributed by atoms with E-state index in [1.165, 1.54) is 24.4 Å². The van der Waals surface area contributed by atoms with Gasteiger partial charge in [-0.1, -0.05) is 17.7 Å². The largest absolute Gasteiger partial charge is 0.359 e. The fraction of sp³-hybridized carbons (Fsp3) is 0.389. The molecule has 1 aromatic carbocycles. The fourth-order valence-electron chi connectivity index (χ4n) is 3.31. The smallest absolute Gasteiger partial charge is 0.282 e. The molecule has 25 heavy (non-hydrogen) atoms. The highest BCUT2D eigenvalue weighted by Crippen LogP contribution is 2.54. The van der Waals surface area contributed by atoms with E-state index in [9.17, 15) is 5.21 Å². The molecule has 2 heterocycles. The SMILES string of the molecule is CC(F)(F)C1(OCC2CC2)C2=CC=CN(O)C2=Nc2ccc(Cl)cc21. The maximum Gasteiger partial charge on any atom is 0.282 e. The number of allylic oxidation sites excluding steroid dienone is 2. The first-order valence-electron chi connectivity index (χ1n) is 8.11. The van der Waals surface area contributed by atoms with Gasteiger partial charge in [0.05, 0.1) is 12.3 Å². The van der Waals surface area contributed by atoms with Crippen molar-refractivity contribution in [2.24, 2.45) is 10.9 Å². The third-order valence-electron chi connectivity index (χ3n) is 4.74. The molecule has 0 amide bonds. The van der Waals surface area contributed by atoms with Crippen molar-refractivity contribution in [2.45, 2.75) is 31.3 Å². The highest BCUT2D eigenvalue weighted by Gasteiger charge is 2.60. The molecule has 0 radical (unpaired) electrons. The van der Waals surface area contributed by atoms with E-state index in [-0.39, 0.29) is 29.5 Å². The van der Waals surface area contributed by atoms with Crippen molar-refractivity contribution in [3.05, 3.63) is 52.7 Å². The Kier molecular flexibility index (Phi) is 3.76. The van der Waals surface area contributed by atoms with Crippen LogP contribution in [-0.4, -0.2) is 28.6 Å². The Balaban J connectivity index is 1.97. The van der Waals surface area contributed by atoms with Gasteiger partial charge in [0.25, 0.3) is 5.92 Å². The van der Waals surface area contributed by atoms with Gasteiger partial charge in [0.2, 0.25) is 0 Å². The molecule has 4 rings (SSSR count). The van der Waals surface area contributed by atoms with Crippen LogP contribution < -0.4 is 0 Å². The van der Waals surface area contributed by atoms with Crippen molar-refractivity contribution in [3.8, 4) is 0 Å². The number of rotatable bonds is 4. The summed E-state index contributed by atoms with van der Waals surface area (Å²) in [4.78, 5) is 4.34. The Bertz CT molecular complexity index is 812. The Morgan fingerprint density at radius 2 is 2.20 bits per heavy atom. The van der Waals surface area contributed by atoms with Crippen molar-refractivity contribution in [1.29, 1.82) is 0 Å². The molecule has 132 valence electrons. The summed E-state index contributed by atoms with van der Waals surface area (Å²) in [5.74, 6) is -2.94. The number of ether oxygens (including phenoxy) is 1. The second-order valence-electron chi connectivity index (χ2n) is 6.69. The minimum Gasteiger partial charge on any atom is -0.359 e. The number of amidine groups is 1. The third-order valence-corrected chi connectivity index (χ3v) is 4.98. The number of aliphatic imine (C=N–C) groups is 1. The standard InChI is InChI=1S/C18H17ClF2N2O2/c1-17(20,21)18(25-10-11-4-5-11)13-3-2-8-23(24)16(13)22-15-7-6-12(19)9-14(15)18/h2-3,6-9,11,24H,4-5,10H2,1H3. The average Bonchev–Trinajstić information content (AvgIpc) is 3.36. The van der Waals surface area contributed by atoms with Crippen molar-refractivity contribution < 1.29 is 18.7 Å². The molecule has 0 bridgehead atoms. The Labute approximate surface area is 149 Å². The Morgan fingerprint density at radius 1 is 1.44 bits per heavy atom. The van der Waals surface area contributed by atoms with Gasteiger partial charge in [-0.15, -0.1) is 0 Å². The zero-order valence-corrected chi connectivity index (χ0v) is 14.3. The molecule has 1 saturated carbocycles. The van der Waals surface area contributed by atoms with Crippen molar-refractivity contribution in [1.82, 2.24) is 5.06 Å². The molecular formula is C18H17ClF2N2O2. The van der Waals surface area contributed by atoms with Crippen molar-refractivity contribution >= 4 is 23.1 Å². The normalized spacial score (nSPS) is 25.2. The lowest BCUT2D eigenvalue weighted by Gasteiger charge is -2.45. The zero-order valence-electron chi connectivity index (χ0n) is 13.5. The second kappa shape index (κ2) is 5.62. The zero-order chi connectivity index (χ0) is 17.8. The quantitative estimate of drug-likeness (QED) is 0.832. The molecule has 0 spiro atoms. The van der Waals surface area contributed by atoms with Crippen LogP contribution in [0.1, 0.15) is 25.3 Å². The number of alkyl halides is 2. The van der Waals surface area contributed by atoms with E-state index >= 15 is 8.78 Å². The number of hydrogen-bond acceptors (Lipinski definition) is 4. The molecular weight excluding hydrogens is 350 g/mol. The van der Waals surface area contributed by atoms with Crippen molar-refractivity contribution in [2.75, 3.05) is 6.61 Å². The van der Waals surface area contributed by atoms with Gasteiger partial charge in [-0.05, 0) is 43.0 Å². The van der Waals surface area contributed by atoms with E-state index in [0.29, 0.717) is 10.7 Å². The Hall–Kier alpha value is -1.76.